The monoisotopic (exact) mass is 211 g/mol. The molecule has 1 aromatic heterocycles. The molecule has 0 aliphatic heterocycles. The smallest absolute Gasteiger partial charge is 0.101 e. The summed E-state index contributed by atoms with van der Waals surface area (Å²) in [6.07, 6.45) is 1.89. The highest BCUT2D eigenvalue weighted by Gasteiger charge is 2.07. The molecule has 80 valence electrons. The fourth-order valence-corrected chi connectivity index (χ4v) is 1.55. The molecule has 1 aromatic carbocycles. The van der Waals surface area contributed by atoms with Gasteiger partial charge >= 0.3 is 0 Å². The van der Waals surface area contributed by atoms with Crippen LogP contribution < -0.4 is 0 Å². The first-order valence-corrected chi connectivity index (χ1v) is 5.27. The molecule has 1 heterocycles. The third kappa shape index (κ3) is 1.82. The molecule has 0 fully saturated rings. The van der Waals surface area contributed by atoms with E-state index in [9.17, 15) is 0 Å². The van der Waals surface area contributed by atoms with Crippen molar-refractivity contribution in [3.8, 4) is 11.8 Å². The van der Waals surface area contributed by atoms with E-state index in [0.717, 1.165) is 11.4 Å². The number of benzene rings is 1. The normalized spacial score (nSPS) is 10.4. The minimum absolute atomic E-state index is 0.399. The third-order valence-corrected chi connectivity index (χ3v) is 2.47. The highest BCUT2D eigenvalue weighted by Crippen LogP contribution is 2.16. The van der Waals surface area contributed by atoms with Gasteiger partial charge in [-0.15, -0.1) is 0 Å². The van der Waals surface area contributed by atoms with E-state index in [2.05, 4.69) is 25.0 Å². The van der Waals surface area contributed by atoms with E-state index in [1.165, 1.54) is 0 Å². The number of hydrogen-bond donors (Lipinski definition) is 0. The van der Waals surface area contributed by atoms with Gasteiger partial charge in [0.2, 0.25) is 0 Å². The zero-order valence-electron chi connectivity index (χ0n) is 9.38. The maximum atomic E-state index is 9.00. The molecule has 0 N–H and O–H groups in total. The van der Waals surface area contributed by atoms with Crippen molar-refractivity contribution in [1.82, 2.24) is 9.78 Å². The van der Waals surface area contributed by atoms with E-state index in [0.29, 0.717) is 11.5 Å². The molecule has 3 nitrogen and oxygen atoms in total. The lowest BCUT2D eigenvalue weighted by atomic mass is 10.1. The molecule has 2 rings (SSSR count). The van der Waals surface area contributed by atoms with Crippen LogP contribution in [0.15, 0.2) is 36.5 Å². The number of hydrogen-bond acceptors (Lipinski definition) is 2. The predicted octanol–water partition coefficient (Wildman–Crippen LogP) is 2.87. The van der Waals surface area contributed by atoms with Crippen LogP contribution in [-0.2, 0) is 0 Å². The van der Waals surface area contributed by atoms with Gasteiger partial charge < -0.3 is 0 Å². The van der Waals surface area contributed by atoms with Crippen molar-refractivity contribution in [2.24, 2.45) is 0 Å². The summed E-state index contributed by atoms with van der Waals surface area (Å²) in [5.74, 6) is 0.399. The molecule has 16 heavy (non-hydrogen) atoms. The van der Waals surface area contributed by atoms with Gasteiger partial charge in [0.05, 0.1) is 16.9 Å². The number of nitrogens with zero attached hydrogens (tertiary/aromatic N) is 3. The van der Waals surface area contributed by atoms with Crippen LogP contribution in [0.3, 0.4) is 0 Å². The maximum Gasteiger partial charge on any atom is 0.101 e. The van der Waals surface area contributed by atoms with Crippen LogP contribution in [-0.4, -0.2) is 9.78 Å². The molecule has 0 aliphatic carbocycles. The molecule has 0 unspecified atom stereocenters. The van der Waals surface area contributed by atoms with Gasteiger partial charge in [0.25, 0.3) is 0 Å². The highest BCUT2D eigenvalue weighted by molar-refractivity contribution is 5.48. The summed E-state index contributed by atoms with van der Waals surface area (Å²) in [5.41, 5.74) is 2.51. The summed E-state index contributed by atoms with van der Waals surface area (Å²) in [5, 5.41) is 13.5. The van der Waals surface area contributed by atoms with Crippen LogP contribution in [0.25, 0.3) is 5.69 Å². The van der Waals surface area contributed by atoms with E-state index in [1.54, 1.807) is 10.7 Å². The minimum Gasteiger partial charge on any atom is -0.239 e. The van der Waals surface area contributed by atoms with Crippen LogP contribution in [0.1, 0.15) is 31.0 Å². The van der Waals surface area contributed by atoms with Gasteiger partial charge in [0.15, 0.2) is 0 Å². The van der Waals surface area contributed by atoms with Crippen LogP contribution in [0, 0.1) is 11.3 Å². The highest BCUT2D eigenvalue weighted by atomic mass is 15.3. The van der Waals surface area contributed by atoms with Gasteiger partial charge in [-0.1, -0.05) is 26.0 Å². The lowest BCUT2D eigenvalue weighted by Crippen LogP contribution is -1.99. The first kappa shape index (κ1) is 10.4. The van der Waals surface area contributed by atoms with Gasteiger partial charge in [0, 0.05) is 6.20 Å². The Morgan fingerprint density at radius 1 is 1.25 bits per heavy atom. The molecular formula is C13H13N3. The van der Waals surface area contributed by atoms with Crippen molar-refractivity contribution in [2.45, 2.75) is 19.8 Å². The Hall–Kier alpha value is -2.08. The van der Waals surface area contributed by atoms with Crippen molar-refractivity contribution in [1.29, 1.82) is 5.26 Å². The van der Waals surface area contributed by atoms with Crippen LogP contribution >= 0.6 is 0 Å². The van der Waals surface area contributed by atoms with Crippen molar-refractivity contribution in [2.75, 3.05) is 0 Å². The lowest BCUT2D eigenvalue weighted by Gasteiger charge is -2.03. The molecule has 0 saturated carbocycles. The topological polar surface area (TPSA) is 41.6 Å². The maximum absolute atomic E-state index is 9.00. The molecule has 0 amide bonds. The number of rotatable bonds is 2. The third-order valence-electron chi connectivity index (χ3n) is 2.47. The zero-order valence-corrected chi connectivity index (χ0v) is 9.38. The van der Waals surface area contributed by atoms with Gasteiger partial charge in [-0.05, 0) is 24.1 Å². The Morgan fingerprint density at radius 3 is 2.62 bits per heavy atom. The molecule has 0 atom stereocenters. The summed E-state index contributed by atoms with van der Waals surface area (Å²) in [4.78, 5) is 0. The number of nitriles is 1. The second-order valence-corrected chi connectivity index (χ2v) is 3.97. The molecule has 0 saturated heterocycles. The summed E-state index contributed by atoms with van der Waals surface area (Å²) in [6, 6.07) is 11.6. The lowest BCUT2D eigenvalue weighted by molar-refractivity contribution is 0.767. The fourth-order valence-electron chi connectivity index (χ4n) is 1.55. The SMILES string of the molecule is CC(C)c1ccn(-c2ccccc2C#N)n1. The minimum atomic E-state index is 0.399. The van der Waals surface area contributed by atoms with Gasteiger partial charge in [0.1, 0.15) is 6.07 Å². The van der Waals surface area contributed by atoms with Crippen molar-refractivity contribution < 1.29 is 0 Å². The Bertz CT molecular complexity index is 532. The van der Waals surface area contributed by atoms with E-state index in [4.69, 9.17) is 5.26 Å². The summed E-state index contributed by atoms with van der Waals surface area (Å²) < 4.78 is 1.76. The Morgan fingerprint density at radius 2 is 2.00 bits per heavy atom. The fraction of sp³-hybridized carbons (Fsp3) is 0.231. The molecular weight excluding hydrogens is 198 g/mol. The average Bonchev–Trinajstić information content (AvgIpc) is 2.78. The van der Waals surface area contributed by atoms with Crippen LogP contribution in [0.5, 0.6) is 0 Å². The number of para-hydroxylation sites is 1. The predicted molar refractivity (Wildman–Crippen MR) is 62.4 cm³/mol. The first-order valence-electron chi connectivity index (χ1n) is 5.27. The number of aromatic nitrogens is 2. The quantitative estimate of drug-likeness (QED) is 0.766. The molecule has 3 heteroatoms. The molecule has 2 aromatic rings. The molecule has 0 radical (unpaired) electrons. The Balaban J connectivity index is 2.47. The van der Waals surface area contributed by atoms with Gasteiger partial charge in [-0.25, -0.2) is 4.68 Å². The van der Waals surface area contributed by atoms with Crippen molar-refractivity contribution in [3.63, 3.8) is 0 Å². The summed E-state index contributed by atoms with van der Waals surface area (Å²) in [7, 11) is 0. The van der Waals surface area contributed by atoms with Crippen molar-refractivity contribution in [3.05, 3.63) is 47.8 Å². The first-order chi connectivity index (χ1) is 7.72. The van der Waals surface area contributed by atoms with E-state index >= 15 is 0 Å². The second kappa shape index (κ2) is 4.19. The van der Waals surface area contributed by atoms with Crippen LogP contribution in [0.2, 0.25) is 0 Å². The van der Waals surface area contributed by atoms with E-state index in [-0.39, 0.29) is 0 Å². The van der Waals surface area contributed by atoms with Gasteiger partial charge in [-0.3, -0.25) is 0 Å². The molecule has 0 bridgehead atoms. The van der Waals surface area contributed by atoms with Crippen molar-refractivity contribution >= 4 is 0 Å². The zero-order chi connectivity index (χ0) is 11.5. The summed E-state index contributed by atoms with van der Waals surface area (Å²) in [6.45, 7) is 4.20. The van der Waals surface area contributed by atoms with Gasteiger partial charge in [-0.2, -0.15) is 10.4 Å². The molecule has 0 aliphatic rings. The Kier molecular flexibility index (Phi) is 2.74. The van der Waals surface area contributed by atoms with E-state index < -0.39 is 0 Å². The average molecular weight is 211 g/mol. The summed E-state index contributed by atoms with van der Waals surface area (Å²) >= 11 is 0. The largest absolute Gasteiger partial charge is 0.239 e. The van der Waals surface area contributed by atoms with Crippen LogP contribution in [0.4, 0.5) is 0 Å². The Labute approximate surface area is 94.9 Å². The standard InChI is InChI=1S/C13H13N3/c1-10(2)12-7-8-16(15-12)13-6-4-3-5-11(13)9-14/h3-8,10H,1-2H3. The molecule has 0 spiro atoms. The second-order valence-electron chi connectivity index (χ2n) is 3.97. The van der Waals surface area contributed by atoms with E-state index in [1.807, 2.05) is 30.5 Å².